The Morgan fingerprint density at radius 3 is 2.36 bits per heavy atom. The van der Waals surface area contributed by atoms with Crippen LogP contribution in [0, 0.1) is 18.3 Å². The number of carbonyl (C=O) groups excluding carboxylic acids is 4. The Kier molecular flexibility index (Phi) is 11.8. The van der Waals surface area contributed by atoms with E-state index in [1.54, 1.807) is 56.9 Å². The standard InChI is InChI=1S/C30H43N3O6/c1-8-21-13-10-11-16-23(21)26(27(35)31-18-17-25(34)38-9-2)33(22-14-12-15-22)28(36)24(19-20(3)4)32-29(37)39-30(5,6)7/h1,10-11,13,16,20,22,24,26H,9,12,14-15,17-19H2,2-7H3,(H,31,35)(H,32,37). The fourth-order valence-electron chi connectivity index (χ4n) is 4.41. The second kappa shape index (κ2) is 14.6. The summed E-state index contributed by atoms with van der Waals surface area (Å²) >= 11 is 0. The summed E-state index contributed by atoms with van der Waals surface area (Å²) < 4.78 is 10.4. The Balaban J connectivity index is 2.48. The number of ether oxygens (including phenoxy) is 2. The van der Waals surface area contributed by atoms with Crippen LogP contribution in [0.1, 0.15) is 90.8 Å². The van der Waals surface area contributed by atoms with Gasteiger partial charge in [0.15, 0.2) is 0 Å². The maximum atomic E-state index is 14.3. The molecule has 9 heteroatoms. The van der Waals surface area contributed by atoms with Gasteiger partial charge in [0.25, 0.3) is 0 Å². The Bertz CT molecular complexity index is 1050. The molecule has 0 bridgehead atoms. The smallest absolute Gasteiger partial charge is 0.408 e. The lowest BCUT2D eigenvalue weighted by Gasteiger charge is -2.44. The van der Waals surface area contributed by atoms with Crippen molar-refractivity contribution in [3.8, 4) is 12.3 Å². The zero-order valence-corrected chi connectivity index (χ0v) is 24.0. The number of esters is 1. The number of nitrogens with one attached hydrogen (secondary N) is 2. The summed E-state index contributed by atoms with van der Waals surface area (Å²) in [6.07, 6.45) is 7.80. The largest absolute Gasteiger partial charge is 0.466 e. The number of benzene rings is 1. The van der Waals surface area contributed by atoms with Gasteiger partial charge in [-0.2, -0.15) is 0 Å². The predicted molar refractivity (Wildman–Crippen MR) is 148 cm³/mol. The number of carbonyl (C=O) groups is 4. The second-order valence-electron chi connectivity index (χ2n) is 11.1. The fourth-order valence-corrected chi connectivity index (χ4v) is 4.41. The van der Waals surface area contributed by atoms with Gasteiger partial charge in [-0.15, -0.1) is 6.42 Å². The van der Waals surface area contributed by atoms with E-state index in [4.69, 9.17) is 15.9 Å². The van der Waals surface area contributed by atoms with Crippen LogP contribution in [0.25, 0.3) is 0 Å². The molecule has 0 saturated heterocycles. The van der Waals surface area contributed by atoms with E-state index in [9.17, 15) is 19.2 Å². The Hall–Kier alpha value is -3.54. The monoisotopic (exact) mass is 541 g/mol. The van der Waals surface area contributed by atoms with E-state index < -0.39 is 35.7 Å². The molecular weight excluding hydrogens is 498 g/mol. The molecule has 9 nitrogen and oxygen atoms in total. The first kappa shape index (κ1) is 31.7. The van der Waals surface area contributed by atoms with E-state index in [0.717, 1.165) is 19.3 Å². The van der Waals surface area contributed by atoms with Crippen molar-refractivity contribution >= 4 is 23.9 Å². The van der Waals surface area contributed by atoms with E-state index in [2.05, 4.69) is 16.6 Å². The molecule has 3 amide bonds. The molecule has 1 aliphatic carbocycles. The number of hydrogen-bond donors (Lipinski definition) is 2. The lowest BCUT2D eigenvalue weighted by molar-refractivity contribution is -0.148. The number of amides is 3. The first-order chi connectivity index (χ1) is 18.4. The summed E-state index contributed by atoms with van der Waals surface area (Å²) in [4.78, 5) is 54.1. The SMILES string of the molecule is C#Cc1ccccc1C(C(=O)NCCC(=O)OCC)N(C(=O)C(CC(C)C)NC(=O)OC(C)(C)C)C1CCC1. The molecule has 1 fully saturated rings. The third-order valence-electron chi connectivity index (χ3n) is 6.29. The molecule has 2 unspecified atom stereocenters. The van der Waals surface area contributed by atoms with Crippen LogP contribution in [0.4, 0.5) is 4.79 Å². The average Bonchev–Trinajstić information content (AvgIpc) is 2.80. The topological polar surface area (TPSA) is 114 Å². The van der Waals surface area contributed by atoms with Gasteiger partial charge in [-0.25, -0.2) is 4.79 Å². The molecule has 1 aromatic rings. The number of alkyl carbamates (subject to hydrolysis) is 1. The van der Waals surface area contributed by atoms with Crippen molar-refractivity contribution < 1.29 is 28.7 Å². The Morgan fingerprint density at radius 2 is 1.82 bits per heavy atom. The highest BCUT2D eigenvalue weighted by Crippen LogP contribution is 2.35. The van der Waals surface area contributed by atoms with Crippen molar-refractivity contribution in [2.75, 3.05) is 13.2 Å². The van der Waals surface area contributed by atoms with Crippen LogP contribution in [-0.4, -0.2) is 59.6 Å². The van der Waals surface area contributed by atoms with Crippen molar-refractivity contribution in [1.82, 2.24) is 15.5 Å². The van der Waals surface area contributed by atoms with Crippen molar-refractivity contribution in [3.05, 3.63) is 35.4 Å². The molecule has 39 heavy (non-hydrogen) atoms. The summed E-state index contributed by atoms with van der Waals surface area (Å²) in [6, 6.07) is 4.84. The van der Waals surface area contributed by atoms with Gasteiger partial charge in [0.2, 0.25) is 11.8 Å². The highest BCUT2D eigenvalue weighted by Gasteiger charge is 2.42. The Labute approximate surface area is 232 Å². The van der Waals surface area contributed by atoms with E-state index in [-0.39, 0.29) is 37.4 Å². The minimum absolute atomic E-state index is 0.00334. The van der Waals surface area contributed by atoms with Crippen molar-refractivity contribution in [2.45, 2.75) is 97.4 Å². The third kappa shape index (κ3) is 9.61. The summed E-state index contributed by atoms with van der Waals surface area (Å²) in [6.45, 7) is 11.2. The molecule has 1 aliphatic rings. The highest BCUT2D eigenvalue weighted by molar-refractivity contribution is 5.93. The van der Waals surface area contributed by atoms with Gasteiger partial charge in [-0.1, -0.05) is 38.0 Å². The van der Waals surface area contributed by atoms with Gasteiger partial charge < -0.3 is 25.0 Å². The predicted octanol–water partition coefficient (Wildman–Crippen LogP) is 4.10. The van der Waals surface area contributed by atoms with E-state index in [1.165, 1.54) is 0 Å². The van der Waals surface area contributed by atoms with Crippen LogP contribution in [-0.2, 0) is 23.9 Å². The van der Waals surface area contributed by atoms with Crippen molar-refractivity contribution in [2.24, 2.45) is 5.92 Å². The molecule has 214 valence electrons. The summed E-state index contributed by atoms with van der Waals surface area (Å²) in [5, 5.41) is 5.55. The molecular formula is C30H43N3O6. The molecule has 2 rings (SSSR count). The summed E-state index contributed by atoms with van der Waals surface area (Å²) in [5.74, 6) is 1.44. The Morgan fingerprint density at radius 1 is 1.15 bits per heavy atom. The summed E-state index contributed by atoms with van der Waals surface area (Å²) in [7, 11) is 0. The minimum Gasteiger partial charge on any atom is -0.466 e. The zero-order chi connectivity index (χ0) is 29.2. The molecule has 2 N–H and O–H groups in total. The average molecular weight is 542 g/mol. The normalized spacial score (nSPS) is 14.8. The minimum atomic E-state index is -1.05. The number of nitrogens with zero attached hydrogens (tertiary/aromatic N) is 1. The lowest BCUT2D eigenvalue weighted by Crippen LogP contribution is -2.58. The van der Waals surface area contributed by atoms with Crippen LogP contribution in [0.5, 0.6) is 0 Å². The van der Waals surface area contributed by atoms with Crippen molar-refractivity contribution in [3.63, 3.8) is 0 Å². The molecule has 0 radical (unpaired) electrons. The van der Waals surface area contributed by atoms with Crippen LogP contribution in [0.2, 0.25) is 0 Å². The van der Waals surface area contributed by atoms with Crippen molar-refractivity contribution in [1.29, 1.82) is 0 Å². The van der Waals surface area contributed by atoms with Gasteiger partial charge >= 0.3 is 12.1 Å². The highest BCUT2D eigenvalue weighted by atomic mass is 16.6. The van der Waals surface area contributed by atoms with Crippen LogP contribution in [0.15, 0.2) is 24.3 Å². The molecule has 1 aromatic carbocycles. The first-order valence-electron chi connectivity index (χ1n) is 13.7. The van der Waals surface area contributed by atoms with Gasteiger partial charge in [0.05, 0.1) is 13.0 Å². The maximum absolute atomic E-state index is 14.3. The van der Waals surface area contributed by atoms with Gasteiger partial charge in [0, 0.05) is 18.2 Å². The fraction of sp³-hybridized carbons (Fsp3) is 0.600. The molecule has 0 spiro atoms. The molecule has 1 saturated carbocycles. The number of terminal acetylenes is 1. The molecule has 0 aromatic heterocycles. The van der Waals surface area contributed by atoms with E-state index >= 15 is 0 Å². The number of rotatable bonds is 12. The molecule has 0 heterocycles. The van der Waals surface area contributed by atoms with E-state index in [1.807, 2.05) is 13.8 Å². The van der Waals surface area contributed by atoms with Gasteiger partial charge in [-0.3, -0.25) is 14.4 Å². The van der Waals surface area contributed by atoms with Crippen LogP contribution in [0.3, 0.4) is 0 Å². The maximum Gasteiger partial charge on any atom is 0.408 e. The summed E-state index contributed by atoms with van der Waals surface area (Å²) in [5.41, 5.74) is 0.256. The van der Waals surface area contributed by atoms with Crippen LogP contribution < -0.4 is 10.6 Å². The van der Waals surface area contributed by atoms with Gasteiger partial charge in [0.1, 0.15) is 17.7 Å². The second-order valence-corrected chi connectivity index (χ2v) is 11.1. The zero-order valence-electron chi connectivity index (χ0n) is 24.0. The first-order valence-corrected chi connectivity index (χ1v) is 13.7. The third-order valence-corrected chi connectivity index (χ3v) is 6.29. The van der Waals surface area contributed by atoms with E-state index in [0.29, 0.717) is 17.5 Å². The number of hydrogen-bond acceptors (Lipinski definition) is 6. The quantitative estimate of drug-likeness (QED) is 0.304. The van der Waals surface area contributed by atoms with Crippen LogP contribution >= 0.6 is 0 Å². The van der Waals surface area contributed by atoms with Gasteiger partial charge in [-0.05, 0) is 70.9 Å². The molecule has 2 atom stereocenters. The molecule has 0 aliphatic heterocycles. The lowest BCUT2D eigenvalue weighted by atomic mass is 9.86.